The van der Waals surface area contributed by atoms with Gasteiger partial charge in [-0.3, -0.25) is 14.6 Å². The average molecular weight is 337 g/mol. The number of urea groups is 1. The molecule has 6 nitrogen and oxygen atoms in total. The minimum Gasteiger partial charge on any atom is -0.284 e. The van der Waals surface area contributed by atoms with Gasteiger partial charge < -0.3 is 0 Å². The van der Waals surface area contributed by atoms with Crippen molar-refractivity contribution in [2.24, 2.45) is 10.9 Å². The Hall–Kier alpha value is -2.76. The van der Waals surface area contributed by atoms with E-state index in [2.05, 4.69) is 33.8 Å². The van der Waals surface area contributed by atoms with Crippen LogP contribution in [0, 0.1) is 5.92 Å². The Labute approximate surface area is 146 Å². The first-order valence-corrected chi connectivity index (χ1v) is 8.47. The second-order valence-corrected chi connectivity index (χ2v) is 6.80. The van der Waals surface area contributed by atoms with E-state index in [1.54, 1.807) is 13.2 Å². The number of carbonyl (C=O) groups excluding carboxylic acids is 2. The molecule has 0 radical (unpaired) electrons. The SMILES string of the molecule is CC1=CN=C2C(C(=O)N(C)C(=O)N2C)C1=[N+]1CCc2ccccc2C1. The van der Waals surface area contributed by atoms with Crippen LogP contribution in [0.5, 0.6) is 0 Å². The zero-order chi connectivity index (χ0) is 17.7. The Bertz CT molecular complexity index is 881. The summed E-state index contributed by atoms with van der Waals surface area (Å²) in [6.07, 6.45) is 2.72. The minimum absolute atomic E-state index is 0.205. The van der Waals surface area contributed by atoms with Gasteiger partial charge in [0.05, 0.1) is 0 Å². The molecule has 0 aliphatic carbocycles. The van der Waals surface area contributed by atoms with Gasteiger partial charge in [0.25, 0.3) is 5.91 Å². The highest BCUT2D eigenvalue weighted by Gasteiger charge is 2.49. The lowest BCUT2D eigenvalue weighted by Crippen LogP contribution is -2.60. The molecule has 1 fully saturated rings. The molecular weight excluding hydrogens is 316 g/mol. The van der Waals surface area contributed by atoms with E-state index in [9.17, 15) is 9.59 Å². The van der Waals surface area contributed by atoms with Crippen LogP contribution in [-0.2, 0) is 17.8 Å². The molecule has 3 heterocycles. The van der Waals surface area contributed by atoms with Gasteiger partial charge in [-0.15, -0.1) is 0 Å². The molecule has 3 aliphatic heterocycles. The predicted octanol–water partition coefficient (Wildman–Crippen LogP) is 1.65. The average Bonchev–Trinajstić information content (AvgIpc) is 2.64. The molecule has 3 amide bonds. The molecule has 1 aromatic rings. The number of hydrogen-bond acceptors (Lipinski definition) is 3. The number of rotatable bonds is 0. The third-order valence-corrected chi connectivity index (χ3v) is 5.29. The number of carbonyl (C=O) groups is 2. The number of amidine groups is 1. The summed E-state index contributed by atoms with van der Waals surface area (Å²) in [5.74, 6) is -0.196. The Kier molecular flexibility index (Phi) is 3.56. The number of amides is 3. The van der Waals surface area contributed by atoms with Gasteiger partial charge in [-0.2, -0.15) is 0 Å². The Morgan fingerprint density at radius 3 is 2.60 bits per heavy atom. The molecule has 1 saturated heterocycles. The molecule has 0 aromatic heterocycles. The van der Waals surface area contributed by atoms with Crippen molar-refractivity contribution in [2.45, 2.75) is 19.9 Å². The van der Waals surface area contributed by atoms with E-state index >= 15 is 0 Å². The number of imide groups is 1. The quantitative estimate of drug-likeness (QED) is 0.676. The molecule has 0 bridgehead atoms. The first-order chi connectivity index (χ1) is 12.0. The number of fused-ring (bicyclic) bond motifs is 2. The lowest BCUT2D eigenvalue weighted by atomic mass is 9.89. The van der Waals surface area contributed by atoms with Gasteiger partial charge in [-0.25, -0.2) is 14.4 Å². The molecule has 128 valence electrons. The molecule has 4 rings (SSSR count). The largest absolute Gasteiger partial charge is 0.331 e. The number of hydrogen-bond donors (Lipinski definition) is 0. The fraction of sp³-hybridized carbons (Fsp3) is 0.368. The molecule has 0 N–H and O–H groups in total. The van der Waals surface area contributed by atoms with Gasteiger partial charge in [0.1, 0.15) is 12.4 Å². The molecule has 1 atom stereocenters. The number of benzene rings is 1. The molecule has 1 unspecified atom stereocenters. The van der Waals surface area contributed by atoms with E-state index in [0.717, 1.165) is 30.8 Å². The molecule has 25 heavy (non-hydrogen) atoms. The smallest absolute Gasteiger partial charge is 0.284 e. The molecule has 1 aromatic carbocycles. The lowest BCUT2D eigenvalue weighted by molar-refractivity contribution is -0.548. The van der Waals surface area contributed by atoms with Gasteiger partial charge in [-0.05, 0) is 12.5 Å². The van der Waals surface area contributed by atoms with Gasteiger partial charge in [-0.1, -0.05) is 24.3 Å². The summed E-state index contributed by atoms with van der Waals surface area (Å²) in [7, 11) is 3.21. The first-order valence-electron chi connectivity index (χ1n) is 8.47. The summed E-state index contributed by atoms with van der Waals surface area (Å²) >= 11 is 0. The highest BCUT2D eigenvalue weighted by molar-refractivity contribution is 6.31. The van der Waals surface area contributed by atoms with Crippen molar-refractivity contribution < 1.29 is 14.2 Å². The molecule has 3 aliphatic rings. The third-order valence-electron chi connectivity index (χ3n) is 5.29. The summed E-state index contributed by atoms with van der Waals surface area (Å²) < 4.78 is 2.27. The summed E-state index contributed by atoms with van der Waals surface area (Å²) in [6, 6.07) is 8.09. The van der Waals surface area contributed by atoms with Crippen molar-refractivity contribution in [3.05, 3.63) is 47.2 Å². The monoisotopic (exact) mass is 337 g/mol. The fourth-order valence-electron chi connectivity index (χ4n) is 3.91. The third kappa shape index (κ3) is 2.32. The highest BCUT2D eigenvalue weighted by atomic mass is 16.2. The van der Waals surface area contributed by atoms with Crippen LogP contribution < -0.4 is 0 Å². The zero-order valence-electron chi connectivity index (χ0n) is 14.7. The van der Waals surface area contributed by atoms with E-state index in [1.165, 1.54) is 28.0 Å². The van der Waals surface area contributed by atoms with Crippen LogP contribution in [0.3, 0.4) is 0 Å². The van der Waals surface area contributed by atoms with Crippen LogP contribution in [0.15, 0.2) is 41.0 Å². The maximum Gasteiger partial charge on any atom is 0.331 e. The Morgan fingerprint density at radius 1 is 1.12 bits per heavy atom. The van der Waals surface area contributed by atoms with E-state index in [1.807, 2.05) is 6.92 Å². The Balaban J connectivity index is 1.82. The van der Waals surface area contributed by atoms with Crippen molar-refractivity contribution in [2.75, 3.05) is 20.6 Å². The van der Waals surface area contributed by atoms with Crippen molar-refractivity contribution in [3.63, 3.8) is 0 Å². The lowest BCUT2D eigenvalue weighted by Gasteiger charge is -2.36. The molecule has 0 spiro atoms. The zero-order valence-corrected chi connectivity index (χ0v) is 14.7. The number of allylic oxidation sites excluding steroid dienone is 1. The number of aliphatic imine (C=N–C) groups is 1. The van der Waals surface area contributed by atoms with Crippen molar-refractivity contribution in [1.82, 2.24) is 9.80 Å². The predicted molar refractivity (Wildman–Crippen MR) is 94.6 cm³/mol. The van der Waals surface area contributed by atoms with E-state index in [0.29, 0.717) is 5.84 Å². The van der Waals surface area contributed by atoms with Crippen molar-refractivity contribution >= 4 is 23.5 Å². The minimum atomic E-state index is -0.511. The maximum atomic E-state index is 12.9. The van der Waals surface area contributed by atoms with Crippen LogP contribution in [0.25, 0.3) is 0 Å². The summed E-state index contributed by atoms with van der Waals surface area (Å²) in [5.41, 5.74) is 4.61. The van der Waals surface area contributed by atoms with Crippen molar-refractivity contribution in [1.29, 1.82) is 0 Å². The van der Waals surface area contributed by atoms with E-state index in [4.69, 9.17) is 0 Å². The summed E-state index contributed by atoms with van der Waals surface area (Å²) in [6.45, 7) is 3.62. The van der Waals surface area contributed by atoms with Gasteiger partial charge in [0.15, 0.2) is 12.5 Å². The van der Waals surface area contributed by atoms with E-state index < -0.39 is 5.92 Å². The van der Waals surface area contributed by atoms with Crippen LogP contribution in [0.1, 0.15) is 18.1 Å². The van der Waals surface area contributed by atoms with Crippen LogP contribution in [-0.4, -0.2) is 58.5 Å². The summed E-state index contributed by atoms with van der Waals surface area (Å²) in [4.78, 5) is 32.2. The second-order valence-electron chi connectivity index (χ2n) is 6.80. The maximum absolute atomic E-state index is 12.9. The molecule has 6 heteroatoms. The topological polar surface area (TPSA) is 56.0 Å². The van der Waals surface area contributed by atoms with E-state index in [-0.39, 0.29) is 11.9 Å². The molecular formula is C19H21N4O2+. The van der Waals surface area contributed by atoms with Gasteiger partial charge >= 0.3 is 6.03 Å². The van der Waals surface area contributed by atoms with Gasteiger partial charge in [0.2, 0.25) is 5.71 Å². The van der Waals surface area contributed by atoms with Crippen LogP contribution in [0.4, 0.5) is 4.79 Å². The van der Waals surface area contributed by atoms with Crippen LogP contribution >= 0.6 is 0 Å². The number of nitrogens with zero attached hydrogens (tertiary/aromatic N) is 4. The normalized spacial score (nSPS) is 26.1. The fourth-order valence-corrected chi connectivity index (χ4v) is 3.91. The summed E-state index contributed by atoms with van der Waals surface area (Å²) in [5, 5.41) is 0. The molecule has 0 saturated carbocycles. The Morgan fingerprint density at radius 2 is 1.84 bits per heavy atom. The standard InChI is InChI=1S/C19H21N4O2/c1-12-10-20-17-15(18(24)22(3)19(25)21(17)2)16(12)23-9-8-13-6-4-5-7-14(13)11-23/h4-7,10,15H,8-9,11H2,1-3H3/q+1. The van der Waals surface area contributed by atoms with Crippen LogP contribution in [0.2, 0.25) is 0 Å². The highest BCUT2D eigenvalue weighted by Crippen LogP contribution is 2.27. The second kappa shape index (κ2) is 5.65. The van der Waals surface area contributed by atoms with Crippen molar-refractivity contribution in [3.8, 4) is 0 Å². The van der Waals surface area contributed by atoms with Gasteiger partial charge in [0, 0.05) is 37.9 Å². The first kappa shape index (κ1) is 15.7.